The van der Waals surface area contributed by atoms with Crippen LogP contribution in [-0.4, -0.2) is 13.2 Å². The number of hydrogen-bond donors (Lipinski definition) is 0. The third-order valence-electron chi connectivity index (χ3n) is 2.63. The summed E-state index contributed by atoms with van der Waals surface area (Å²) >= 11 is 5.17. The van der Waals surface area contributed by atoms with Crippen LogP contribution in [0.25, 0.3) is 4.62 Å². The first-order chi connectivity index (χ1) is 8.68. The van der Waals surface area contributed by atoms with Gasteiger partial charge in [-0.2, -0.15) is 0 Å². The average molecular weight is 291 g/mol. The van der Waals surface area contributed by atoms with E-state index in [1.807, 2.05) is 0 Å². The smallest absolute Gasteiger partial charge is 0.268 e. The van der Waals surface area contributed by atoms with Crippen molar-refractivity contribution < 1.29 is 9.05 Å². The van der Waals surface area contributed by atoms with Crippen LogP contribution in [0.15, 0.2) is 0 Å². The van der Waals surface area contributed by atoms with E-state index in [-0.39, 0.29) is 0 Å². The van der Waals surface area contributed by atoms with Crippen LogP contribution in [-0.2, 0) is 20.9 Å². The van der Waals surface area contributed by atoms with Crippen LogP contribution in [0.2, 0.25) is 0 Å². The molecular weight excluding hydrogens is 265 g/mol. The number of hydrogen-bond acceptors (Lipinski definition) is 3. The second-order valence-corrected chi connectivity index (χ2v) is 7.39. The molecule has 0 amide bonds. The van der Waals surface area contributed by atoms with Gasteiger partial charge in [0.25, 0.3) is 0 Å². The zero-order valence-electron chi connectivity index (χ0n) is 11.7. The lowest BCUT2D eigenvalue weighted by Gasteiger charge is -2.09. The van der Waals surface area contributed by atoms with Gasteiger partial charge in [0.05, 0.1) is 25.0 Å². The molecule has 0 aromatic heterocycles. The fourth-order valence-electron chi connectivity index (χ4n) is 1.51. The van der Waals surface area contributed by atoms with E-state index in [2.05, 4.69) is 18.5 Å². The zero-order valence-corrected chi connectivity index (χ0v) is 13.4. The fourth-order valence-corrected chi connectivity index (χ4v) is 2.87. The van der Waals surface area contributed by atoms with Gasteiger partial charge in [-0.1, -0.05) is 52.4 Å². The molecule has 0 rings (SSSR count). The Morgan fingerprint density at radius 1 is 0.889 bits per heavy atom. The quantitative estimate of drug-likeness (QED) is 0.276. The predicted octanol–water partition coefficient (Wildman–Crippen LogP) is 5.32. The molecule has 0 atom stereocenters. The van der Waals surface area contributed by atoms with Crippen molar-refractivity contribution in [2.75, 3.05) is 13.2 Å². The molecule has 0 aromatic carbocycles. The van der Waals surface area contributed by atoms with Crippen LogP contribution in [0.3, 0.4) is 0 Å². The molecule has 5 heteroatoms. The van der Waals surface area contributed by atoms with Gasteiger partial charge in [0.15, 0.2) is 0 Å². The number of unbranched alkanes of at least 4 members (excludes halogenated alkanes) is 6. The van der Waals surface area contributed by atoms with E-state index in [4.69, 9.17) is 27.4 Å². The minimum Gasteiger partial charge on any atom is -0.268 e. The van der Waals surface area contributed by atoms with Crippen molar-refractivity contribution >= 4 is 18.4 Å². The van der Waals surface area contributed by atoms with E-state index in [1.54, 1.807) is 0 Å². The lowest BCUT2D eigenvalue weighted by molar-refractivity contribution is 0.243. The lowest BCUT2D eigenvalue weighted by Crippen LogP contribution is -1.97. The molecule has 0 bridgehead atoms. The molecule has 0 saturated carbocycles. The Kier molecular flexibility index (Phi) is 12.2. The highest BCUT2D eigenvalue weighted by Crippen LogP contribution is 2.50. The van der Waals surface area contributed by atoms with E-state index in [1.165, 1.54) is 25.7 Å². The SMILES string of the molecule is [C-]#[N+]P(=S)(OCCCCCC)OCCCCCC. The van der Waals surface area contributed by atoms with Gasteiger partial charge in [0.2, 0.25) is 0 Å². The normalized spacial score (nSPS) is 11.4. The molecule has 0 saturated heterocycles. The van der Waals surface area contributed by atoms with E-state index < -0.39 is 6.64 Å². The first-order valence-electron chi connectivity index (χ1n) is 6.96. The van der Waals surface area contributed by atoms with Crippen molar-refractivity contribution in [3.05, 3.63) is 11.2 Å². The molecule has 0 aliphatic rings. The van der Waals surface area contributed by atoms with Crippen molar-refractivity contribution in [1.29, 1.82) is 0 Å². The third-order valence-corrected chi connectivity index (χ3v) is 4.77. The summed E-state index contributed by atoms with van der Waals surface area (Å²) in [6.07, 6.45) is 9.04. The van der Waals surface area contributed by atoms with Crippen LogP contribution in [0.4, 0.5) is 0 Å². The number of nitrogens with zero attached hydrogens (tertiary/aromatic N) is 1. The third kappa shape index (κ3) is 10.0. The maximum Gasteiger partial charge on any atom is 0.540 e. The summed E-state index contributed by atoms with van der Waals surface area (Å²) < 4.78 is 14.3. The highest BCUT2D eigenvalue weighted by molar-refractivity contribution is 8.10. The largest absolute Gasteiger partial charge is 0.540 e. The summed E-state index contributed by atoms with van der Waals surface area (Å²) in [6.45, 7) is 9.91. The Hall–Kier alpha value is 0.0600. The molecule has 0 radical (unpaired) electrons. The van der Waals surface area contributed by atoms with Crippen LogP contribution < -0.4 is 0 Å². The summed E-state index contributed by atoms with van der Waals surface area (Å²) in [5.41, 5.74) is 0. The highest BCUT2D eigenvalue weighted by Gasteiger charge is 2.25. The Balaban J connectivity index is 3.69. The summed E-state index contributed by atoms with van der Waals surface area (Å²) in [7, 11) is 0. The van der Waals surface area contributed by atoms with Gasteiger partial charge in [-0.15, -0.1) is 0 Å². The second kappa shape index (κ2) is 12.1. The molecule has 3 nitrogen and oxygen atoms in total. The number of rotatable bonds is 12. The fraction of sp³-hybridized carbons (Fsp3) is 0.923. The Bertz CT molecular complexity index is 261. The molecule has 0 spiro atoms. The van der Waals surface area contributed by atoms with Crippen molar-refractivity contribution in [3.8, 4) is 0 Å². The van der Waals surface area contributed by atoms with Gasteiger partial charge in [-0.05, 0) is 12.8 Å². The molecule has 0 N–H and O–H groups in total. The summed E-state index contributed by atoms with van der Waals surface area (Å²) in [5.74, 6) is 0. The maximum absolute atomic E-state index is 7.11. The molecule has 0 unspecified atom stereocenters. The summed E-state index contributed by atoms with van der Waals surface area (Å²) in [6, 6.07) is 0. The predicted molar refractivity (Wildman–Crippen MR) is 81.1 cm³/mol. The van der Waals surface area contributed by atoms with Crippen molar-refractivity contribution in [2.45, 2.75) is 65.2 Å². The van der Waals surface area contributed by atoms with Gasteiger partial charge in [-0.25, -0.2) is 11.2 Å². The average Bonchev–Trinajstić information content (AvgIpc) is 2.38. The monoisotopic (exact) mass is 291 g/mol. The Morgan fingerprint density at radius 2 is 1.33 bits per heavy atom. The standard InChI is InChI=1S/C13H26NO2PS/c1-4-6-8-10-12-15-17(18,14-3)16-13-11-9-7-5-2/h4-13H2,1-2H3. The maximum atomic E-state index is 7.11. The van der Waals surface area contributed by atoms with Gasteiger partial charge >= 0.3 is 6.64 Å². The van der Waals surface area contributed by atoms with E-state index >= 15 is 0 Å². The van der Waals surface area contributed by atoms with Gasteiger partial charge in [-0.3, -0.25) is 9.05 Å². The minimum absolute atomic E-state index is 0.564. The molecule has 18 heavy (non-hydrogen) atoms. The lowest BCUT2D eigenvalue weighted by atomic mass is 10.2. The van der Waals surface area contributed by atoms with Gasteiger partial charge < -0.3 is 0 Å². The summed E-state index contributed by atoms with van der Waals surface area (Å²) in [5, 5.41) is 0. The molecule has 0 fully saturated rings. The Labute approximate surface area is 117 Å². The topological polar surface area (TPSA) is 22.8 Å². The highest BCUT2D eigenvalue weighted by atomic mass is 32.5. The van der Waals surface area contributed by atoms with E-state index in [0.717, 1.165) is 25.7 Å². The van der Waals surface area contributed by atoms with Crippen LogP contribution in [0, 0.1) is 6.57 Å². The van der Waals surface area contributed by atoms with E-state index in [9.17, 15) is 0 Å². The zero-order chi connectivity index (χ0) is 13.7. The molecule has 0 aliphatic carbocycles. The minimum atomic E-state index is -2.67. The molecular formula is C13H26NO2PS. The van der Waals surface area contributed by atoms with E-state index in [0.29, 0.717) is 13.2 Å². The van der Waals surface area contributed by atoms with Crippen LogP contribution in [0.1, 0.15) is 65.2 Å². The first-order valence-corrected chi connectivity index (χ1v) is 9.55. The van der Waals surface area contributed by atoms with Crippen molar-refractivity contribution in [1.82, 2.24) is 0 Å². The second-order valence-electron chi connectivity index (χ2n) is 4.36. The van der Waals surface area contributed by atoms with Gasteiger partial charge in [0.1, 0.15) is 0 Å². The molecule has 0 aliphatic heterocycles. The van der Waals surface area contributed by atoms with Crippen LogP contribution >= 0.6 is 6.64 Å². The van der Waals surface area contributed by atoms with Crippen molar-refractivity contribution in [3.63, 3.8) is 0 Å². The first kappa shape index (κ1) is 18.1. The molecule has 0 heterocycles. The molecule has 106 valence electrons. The molecule has 0 aromatic rings. The van der Waals surface area contributed by atoms with Crippen molar-refractivity contribution in [2.24, 2.45) is 0 Å². The van der Waals surface area contributed by atoms with Gasteiger partial charge in [0, 0.05) is 0 Å². The summed E-state index contributed by atoms with van der Waals surface area (Å²) in [4.78, 5) is 0. The van der Waals surface area contributed by atoms with Crippen LogP contribution in [0.5, 0.6) is 0 Å². The Morgan fingerprint density at radius 3 is 1.67 bits per heavy atom.